The normalized spacial score (nSPS) is 15.4. The molecule has 0 radical (unpaired) electrons. The molecule has 0 heterocycles. The fourth-order valence-electron chi connectivity index (χ4n) is 2.71. The zero-order valence-corrected chi connectivity index (χ0v) is 16.6. The molecule has 0 aromatic rings. The second-order valence-corrected chi connectivity index (χ2v) is 6.84. The molecule has 3 unspecified atom stereocenters. The molecule has 0 amide bonds. The molecule has 0 saturated carbocycles. The summed E-state index contributed by atoms with van der Waals surface area (Å²) in [7, 11) is 0. The summed E-state index contributed by atoms with van der Waals surface area (Å²) in [5.41, 5.74) is 0. The van der Waals surface area contributed by atoms with E-state index in [4.69, 9.17) is 19.3 Å². The smallest absolute Gasteiger partial charge is 0.0547 e. The maximum absolute atomic E-state index is 8.76. The van der Waals surface area contributed by atoms with Crippen LogP contribution in [-0.2, 0) is 14.2 Å². The van der Waals surface area contributed by atoms with Gasteiger partial charge in [-0.1, -0.05) is 0 Å². The molecule has 0 rings (SSSR count). The number of ether oxygens (including phenoxy) is 3. The molecule has 24 heavy (non-hydrogen) atoms. The molecule has 4 nitrogen and oxygen atoms in total. The lowest BCUT2D eigenvalue weighted by atomic mass is 10.1. The number of aliphatic hydroxyl groups is 1. The summed E-state index contributed by atoms with van der Waals surface area (Å²) >= 11 is 0. The van der Waals surface area contributed by atoms with Crippen molar-refractivity contribution in [2.45, 2.75) is 104 Å². The van der Waals surface area contributed by atoms with Crippen molar-refractivity contribution in [3.8, 4) is 0 Å². The van der Waals surface area contributed by atoms with Gasteiger partial charge < -0.3 is 19.3 Å². The van der Waals surface area contributed by atoms with Crippen molar-refractivity contribution < 1.29 is 19.3 Å². The maximum Gasteiger partial charge on any atom is 0.0547 e. The molecule has 1 N–H and O–H groups in total. The highest BCUT2D eigenvalue weighted by molar-refractivity contribution is 4.55. The molecule has 0 aromatic carbocycles. The van der Waals surface area contributed by atoms with Crippen molar-refractivity contribution >= 4 is 0 Å². The van der Waals surface area contributed by atoms with E-state index >= 15 is 0 Å². The second kappa shape index (κ2) is 17.7. The number of rotatable bonds is 18. The number of aliphatic hydroxyl groups excluding tert-OH is 1. The van der Waals surface area contributed by atoms with Gasteiger partial charge in [-0.05, 0) is 85.5 Å². The molecule has 0 spiro atoms. The van der Waals surface area contributed by atoms with E-state index in [1.165, 1.54) is 6.42 Å². The predicted molar refractivity (Wildman–Crippen MR) is 101 cm³/mol. The Labute approximate surface area is 150 Å². The Bertz CT molecular complexity index is 248. The van der Waals surface area contributed by atoms with Gasteiger partial charge in [-0.25, -0.2) is 0 Å². The van der Waals surface area contributed by atoms with Crippen LogP contribution in [0.15, 0.2) is 0 Å². The molecule has 0 aliphatic rings. The van der Waals surface area contributed by atoms with Crippen LogP contribution in [0.3, 0.4) is 0 Å². The van der Waals surface area contributed by atoms with Crippen LogP contribution < -0.4 is 0 Å². The van der Waals surface area contributed by atoms with Gasteiger partial charge in [-0.3, -0.25) is 0 Å². The zero-order chi connectivity index (χ0) is 18.0. The number of hydrogen-bond donors (Lipinski definition) is 1. The van der Waals surface area contributed by atoms with Crippen LogP contribution >= 0.6 is 0 Å². The Balaban J connectivity index is 3.33. The SMILES string of the molecule is CCOC(C)CCCCOC(C)CCCCOC(C)CCCCO. The maximum atomic E-state index is 8.76. The average molecular weight is 347 g/mol. The lowest BCUT2D eigenvalue weighted by Gasteiger charge is -2.15. The largest absolute Gasteiger partial charge is 0.396 e. The third-order valence-corrected chi connectivity index (χ3v) is 4.28. The highest BCUT2D eigenvalue weighted by atomic mass is 16.5. The van der Waals surface area contributed by atoms with Crippen LogP contribution in [-0.4, -0.2) is 49.8 Å². The summed E-state index contributed by atoms with van der Waals surface area (Å²) in [6, 6.07) is 0. The lowest BCUT2D eigenvalue weighted by molar-refractivity contribution is 0.0382. The van der Waals surface area contributed by atoms with Crippen molar-refractivity contribution in [1.29, 1.82) is 0 Å². The van der Waals surface area contributed by atoms with Gasteiger partial charge in [-0.2, -0.15) is 0 Å². The minimum atomic E-state index is 0.288. The summed E-state index contributed by atoms with van der Waals surface area (Å²) in [6.07, 6.45) is 10.8. The van der Waals surface area contributed by atoms with Gasteiger partial charge in [0.05, 0.1) is 18.3 Å². The van der Waals surface area contributed by atoms with Crippen molar-refractivity contribution in [3.05, 3.63) is 0 Å². The highest BCUT2D eigenvalue weighted by Crippen LogP contribution is 2.10. The molecule has 0 aliphatic carbocycles. The molecule has 0 fully saturated rings. The van der Waals surface area contributed by atoms with Gasteiger partial charge in [0.1, 0.15) is 0 Å². The summed E-state index contributed by atoms with van der Waals surface area (Å²) < 4.78 is 17.2. The molecular weight excluding hydrogens is 304 g/mol. The van der Waals surface area contributed by atoms with E-state index in [0.29, 0.717) is 18.3 Å². The van der Waals surface area contributed by atoms with Crippen molar-refractivity contribution in [3.63, 3.8) is 0 Å². The molecule has 3 atom stereocenters. The first-order valence-corrected chi connectivity index (χ1v) is 10.1. The van der Waals surface area contributed by atoms with Crippen LogP contribution in [0.1, 0.15) is 85.5 Å². The number of unbranched alkanes of at least 4 members (excludes halogenated alkanes) is 3. The van der Waals surface area contributed by atoms with Crippen LogP contribution in [0, 0.1) is 0 Å². The quantitative estimate of drug-likeness (QED) is 0.365. The van der Waals surface area contributed by atoms with Crippen LogP contribution in [0.5, 0.6) is 0 Å². The lowest BCUT2D eigenvalue weighted by Crippen LogP contribution is -2.12. The van der Waals surface area contributed by atoms with Gasteiger partial charge >= 0.3 is 0 Å². The minimum Gasteiger partial charge on any atom is -0.396 e. The second-order valence-electron chi connectivity index (χ2n) is 6.84. The van der Waals surface area contributed by atoms with Crippen LogP contribution in [0.4, 0.5) is 0 Å². The minimum absolute atomic E-state index is 0.288. The summed E-state index contributed by atoms with van der Waals surface area (Å²) in [5.74, 6) is 0. The van der Waals surface area contributed by atoms with Crippen molar-refractivity contribution in [2.75, 3.05) is 26.4 Å². The van der Waals surface area contributed by atoms with E-state index in [0.717, 1.165) is 71.2 Å². The van der Waals surface area contributed by atoms with Gasteiger partial charge in [0, 0.05) is 26.4 Å². The molecule has 146 valence electrons. The third kappa shape index (κ3) is 16.7. The summed E-state index contributed by atoms with van der Waals surface area (Å²) in [6.45, 7) is 11.3. The first kappa shape index (κ1) is 23.8. The predicted octanol–water partition coefficient (Wildman–Crippen LogP) is 4.72. The molecule has 0 bridgehead atoms. The monoisotopic (exact) mass is 346 g/mol. The first-order chi connectivity index (χ1) is 11.6. The first-order valence-electron chi connectivity index (χ1n) is 10.1. The van der Waals surface area contributed by atoms with Gasteiger partial charge in [0.25, 0.3) is 0 Å². The molecule has 0 aromatic heterocycles. The van der Waals surface area contributed by atoms with Crippen LogP contribution in [0.2, 0.25) is 0 Å². The van der Waals surface area contributed by atoms with E-state index in [-0.39, 0.29) is 6.61 Å². The Morgan fingerprint density at radius 2 is 1.04 bits per heavy atom. The van der Waals surface area contributed by atoms with E-state index < -0.39 is 0 Å². The van der Waals surface area contributed by atoms with Crippen molar-refractivity contribution in [1.82, 2.24) is 0 Å². The van der Waals surface area contributed by atoms with E-state index in [9.17, 15) is 0 Å². The fraction of sp³-hybridized carbons (Fsp3) is 1.00. The molecule has 0 aliphatic heterocycles. The van der Waals surface area contributed by atoms with Crippen molar-refractivity contribution in [2.24, 2.45) is 0 Å². The van der Waals surface area contributed by atoms with E-state index in [2.05, 4.69) is 20.8 Å². The Kier molecular flexibility index (Phi) is 17.5. The standard InChI is InChI=1S/C20H42O4/c1-5-22-18(2)13-7-10-16-24-20(4)14-8-11-17-23-19(3)12-6-9-15-21/h18-21H,5-17H2,1-4H3. The Morgan fingerprint density at radius 3 is 1.46 bits per heavy atom. The topological polar surface area (TPSA) is 47.9 Å². The third-order valence-electron chi connectivity index (χ3n) is 4.28. The average Bonchev–Trinajstić information content (AvgIpc) is 2.54. The molecular formula is C20H42O4. The molecule has 4 heteroatoms. The van der Waals surface area contributed by atoms with Gasteiger partial charge in [-0.15, -0.1) is 0 Å². The van der Waals surface area contributed by atoms with E-state index in [1.807, 2.05) is 6.92 Å². The fourth-order valence-corrected chi connectivity index (χ4v) is 2.71. The Morgan fingerprint density at radius 1 is 0.625 bits per heavy atom. The number of hydrogen-bond acceptors (Lipinski definition) is 4. The zero-order valence-electron chi connectivity index (χ0n) is 16.6. The Hall–Kier alpha value is -0.160. The summed E-state index contributed by atoms with van der Waals surface area (Å²) in [5, 5.41) is 8.76. The highest BCUT2D eigenvalue weighted by Gasteiger charge is 2.05. The van der Waals surface area contributed by atoms with Gasteiger partial charge in [0.2, 0.25) is 0 Å². The van der Waals surface area contributed by atoms with Gasteiger partial charge in [0.15, 0.2) is 0 Å². The summed E-state index contributed by atoms with van der Waals surface area (Å²) in [4.78, 5) is 0. The van der Waals surface area contributed by atoms with E-state index in [1.54, 1.807) is 0 Å². The molecule has 0 saturated heterocycles. The van der Waals surface area contributed by atoms with Crippen LogP contribution in [0.25, 0.3) is 0 Å².